The Morgan fingerprint density at radius 2 is 1.70 bits per heavy atom. The van der Waals surface area contributed by atoms with Crippen LogP contribution in [0.25, 0.3) is 0 Å². The summed E-state index contributed by atoms with van der Waals surface area (Å²) in [6, 6.07) is 17.1. The summed E-state index contributed by atoms with van der Waals surface area (Å²) in [5.74, 6) is 1.56. The zero-order valence-corrected chi connectivity index (χ0v) is 17.0. The fourth-order valence-electron chi connectivity index (χ4n) is 4.81. The molecule has 0 aromatic heterocycles. The molecule has 2 aliphatic rings. The van der Waals surface area contributed by atoms with Crippen molar-refractivity contribution in [3.8, 4) is 0 Å². The topological polar surface area (TPSA) is 20.3 Å². The van der Waals surface area contributed by atoms with Gasteiger partial charge in [-0.05, 0) is 74.2 Å². The summed E-state index contributed by atoms with van der Waals surface area (Å²) in [5.41, 5.74) is 5.04. The van der Waals surface area contributed by atoms with Gasteiger partial charge in [0.2, 0.25) is 0 Å². The van der Waals surface area contributed by atoms with Crippen molar-refractivity contribution in [3.05, 3.63) is 70.8 Å². The lowest BCUT2D eigenvalue weighted by Gasteiger charge is -2.34. The van der Waals surface area contributed by atoms with Crippen LogP contribution in [0.1, 0.15) is 58.6 Å². The van der Waals surface area contributed by atoms with Crippen molar-refractivity contribution in [2.75, 3.05) is 19.6 Å². The van der Waals surface area contributed by atoms with Gasteiger partial charge in [0.1, 0.15) is 0 Å². The minimum absolute atomic E-state index is 0. The van der Waals surface area contributed by atoms with Gasteiger partial charge in [0, 0.05) is 18.5 Å². The van der Waals surface area contributed by atoms with Crippen molar-refractivity contribution in [3.63, 3.8) is 0 Å². The minimum Gasteiger partial charge on any atom is -0.303 e. The summed E-state index contributed by atoms with van der Waals surface area (Å²) >= 11 is 0. The highest BCUT2D eigenvalue weighted by molar-refractivity contribution is 5.98. The van der Waals surface area contributed by atoms with Crippen LogP contribution in [0.5, 0.6) is 0 Å². The van der Waals surface area contributed by atoms with Gasteiger partial charge >= 0.3 is 0 Å². The minimum atomic E-state index is 0. The van der Waals surface area contributed by atoms with E-state index in [0.29, 0.717) is 17.6 Å². The number of likely N-dealkylation sites (tertiary alicyclic amines) is 1. The molecule has 3 heteroatoms. The first-order valence-electron chi connectivity index (χ1n) is 10.1. The Bertz CT molecular complexity index is 765. The van der Waals surface area contributed by atoms with Gasteiger partial charge in [-0.15, -0.1) is 12.4 Å². The molecule has 1 unspecified atom stereocenters. The Labute approximate surface area is 169 Å². The van der Waals surface area contributed by atoms with Gasteiger partial charge in [0.05, 0.1) is 0 Å². The Morgan fingerprint density at radius 1 is 0.963 bits per heavy atom. The maximum atomic E-state index is 12.7. The van der Waals surface area contributed by atoms with Crippen LogP contribution in [-0.2, 0) is 6.42 Å². The van der Waals surface area contributed by atoms with E-state index < -0.39 is 0 Å². The van der Waals surface area contributed by atoms with E-state index in [4.69, 9.17) is 0 Å². The molecule has 0 bridgehead atoms. The summed E-state index contributed by atoms with van der Waals surface area (Å²) in [5, 5.41) is 0. The Balaban J connectivity index is 0.00000210. The SMILES string of the molecule is Cc1cccc2c1CCC(CN1CCC(c3ccccc3)CC1)CC2=O.Cl. The van der Waals surface area contributed by atoms with Crippen LogP contribution < -0.4 is 0 Å². The van der Waals surface area contributed by atoms with Gasteiger partial charge in [-0.1, -0.05) is 48.5 Å². The average molecular weight is 384 g/mol. The number of benzene rings is 2. The molecule has 1 aliphatic carbocycles. The van der Waals surface area contributed by atoms with Crippen LogP contribution in [0.3, 0.4) is 0 Å². The van der Waals surface area contributed by atoms with Crippen molar-refractivity contribution in [2.45, 2.75) is 44.9 Å². The Kier molecular flexibility index (Phi) is 6.73. The normalized spacial score (nSPS) is 21.2. The van der Waals surface area contributed by atoms with E-state index in [0.717, 1.165) is 44.5 Å². The fraction of sp³-hybridized carbons (Fsp3) is 0.458. The third-order valence-corrected chi connectivity index (χ3v) is 6.36. The van der Waals surface area contributed by atoms with Crippen molar-refractivity contribution in [2.24, 2.45) is 5.92 Å². The number of carbonyl (C=O) groups is 1. The van der Waals surface area contributed by atoms with E-state index in [9.17, 15) is 4.79 Å². The van der Waals surface area contributed by atoms with Crippen molar-refractivity contribution < 1.29 is 4.79 Å². The average Bonchev–Trinajstić information content (AvgIpc) is 2.83. The van der Waals surface area contributed by atoms with Crippen molar-refractivity contribution >= 4 is 18.2 Å². The molecule has 2 aromatic carbocycles. The third kappa shape index (κ3) is 4.62. The molecule has 144 valence electrons. The molecular formula is C24H30ClNO. The predicted octanol–water partition coefficient (Wildman–Crippen LogP) is 5.43. The Hall–Kier alpha value is -1.64. The lowest BCUT2D eigenvalue weighted by atomic mass is 9.88. The summed E-state index contributed by atoms with van der Waals surface area (Å²) in [7, 11) is 0. The number of piperidine rings is 1. The third-order valence-electron chi connectivity index (χ3n) is 6.36. The van der Waals surface area contributed by atoms with E-state index in [-0.39, 0.29) is 12.4 Å². The van der Waals surface area contributed by atoms with Crippen LogP contribution >= 0.6 is 12.4 Å². The zero-order chi connectivity index (χ0) is 17.9. The first-order valence-corrected chi connectivity index (χ1v) is 10.1. The summed E-state index contributed by atoms with van der Waals surface area (Å²) < 4.78 is 0. The molecule has 1 aliphatic heterocycles. The smallest absolute Gasteiger partial charge is 0.163 e. The monoisotopic (exact) mass is 383 g/mol. The van der Waals surface area contributed by atoms with Gasteiger partial charge in [-0.25, -0.2) is 0 Å². The summed E-state index contributed by atoms with van der Waals surface area (Å²) in [4.78, 5) is 15.3. The molecule has 0 radical (unpaired) electrons. The van der Waals surface area contributed by atoms with E-state index >= 15 is 0 Å². The fourth-order valence-corrected chi connectivity index (χ4v) is 4.81. The van der Waals surface area contributed by atoms with E-state index in [1.807, 2.05) is 12.1 Å². The van der Waals surface area contributed by atoms with Gasteiger partial charge in [-0.2, -0.15) is 0 Å². The molecule has 4 rings (SSSR count). The number of rotatable bonds is 3. The number of aryl methyl sites for hydroxylation is 1. The second kappa shape index (κ2) is 9.03. The number of nitrogens with zero attached hydrogens (tertiary/aromatic N) is 1. The number of ketones is 1. The standard InChI is InChI=1S/C24H29NO.ClH/c1-18-6-5-9-23-22(18)11-10-19(16-24(23)26)17-25-14-12-21(13-15-25)20-7-3-2-4-8-20;/h2-9,19,21H,10-17H2,1H3;1H. The van der Waals surface area contributed by atoms with Crippen molar-refractivity contribution in [1.29, 1.82) is 0 Å². The second-order valence-corrected chi connectivity index (χ2v) is 8.12. The van der Waals surface area contributed by atoms with Crippen molar-refractivity contribution in [1.82, 2.24) is 4.90 Å². The Morgan fingerprint density at radius 3 is 2.44 bits per heavy atom. The summed E-state index contributed by atoms with van der Waals surface area (Å²) in [6.07, 6.45) is 5.39. The maximum Gasteiger partial charge on any atom is 0.163 e. The molecule has 2 nitrogen and oxygen atoms in total. The molecule has 1 saturated heterocycles. The van der Waals surface area contributed by atoms with E-state index in [2.05, 4.69) is 48.2 Å². The molecule has 0 N–H and O–H groups in total. The predicted molar refractivity (Wildman–Crippen MR) is 114 cm³/mol. The molecule has 0 spiro atoms. The van der Waals surface area contributed by atoms with Gasteiger partial charge < -0.3 is 4.90 Å². The number of carbonyl (C=O) groups excluding carboxylic acids is 1. The molecule has 27 heavy (non-hydrogen) atoms. The van der Waals surface area contributed by atoms with Crippen LogP contribution in [-0.4, -0.2) is 30.3 Å². The summed E-state index contributed by atoms with van der Waals surface area (Å²) in [6.45, 7) is 5.55. The highest BCUT2D eigenvalue weighted by atomic mass is 35.5. The van der Waals surface area contributed by atoms with Gasteiger partial charge in [-0.3, -0.25) is 4.79 Å². The molecule has 1 heterocycles. The highest BCUT2D eigenvalue weighted by Gasteiger charge is 2.27. The zero-order valence-electron chi connectivity index (χ0n) is 16.2. The first-order chi connectivity index (χ1) is 12.7. The largest absolute Gasteiger partial charge is 0.303 e. The van der Waals surface area contributed by atoms with E-state index in [1.54, 1.807) is 0 Å². The molecule has 1 fully saturated rings. The van der Waals surface area contributed by atoms with Crippen LogP contribution in [0.15, 0.2) is 48.5 Å². The molecule has 2 aromatic rings. The van der Waals surface area contributed by atoms with Crippen LogP contribution in [0.4, 0.5) is 0 Å². The van der Waals surface area contributed by atoms with Crippen LogP contribution in [0, 0.1) is 12.8 Å². The van der Waals surface area contributed by atoms with Crippen LogP contribution in [0.2, 0.25) is 0 Å². The number of fused-ring (bicyclic) bond motifs is 1. The van der Waals surface area contributed by atoms with Gasteiger partial charge in [0.15, 0.2) is 5.78 Å². The molecule has 0 saturated carbocycles. The molecular weight excluding hydrogens is 354 g/mol. The number of halogens is 1. The van der Waals surface area contributed by atoms with E-state index in [1.165, 1.54) is 29.5 Å². The molecule has 1 atom stereocenters. The second-order valence-electron chi connectivity index (χ2n) is 8.12. The first kappa shape index (κ1) is 20.1. The number of hydrogen-bond acceptors (Lipinski definition) is 2. The maximum absolute atomic E-state index is 12.7. The molecule has 0 amide bonds. The number of Topliss-reactive ketones (excluding diaryl/α,β-unsaturated/α-hetero) is 1. The number of hydrogen-bond donors (Lipinski definition) is 0. The lowest BCUT2D eigenvalue weighted by Crippen LogP contribution is -2.37. The van der Waals surface area contributed by atoms with Gasteiger partial charge in [0.25, 0.3) is 0 Å². The highest BCUT2D eigenvalue weighted by Crippen LogP contribution is 2.31. The quantitative estimate of drug-likeness (QED) is 0.658. The lowest BCUT2D eigenvalue weighted by molar-refractivity contribution is 0.0941.